The lowest BCUT2D eigenvalue weighted by atomic mass is 10.2. The van der Waals surface area contributed by atoms with E-state index in [1.54, 1.807) is 0 Å². The van der Waals surface area contributed by atoms with E-state index in [2.05, 4.69) is 10.2 Å². The Hall–Kier alpha value is -0.980. The van der Waals surface area contributed by atoms with Crippen LogP contribution in [0.1, 0.15) is 5.56 Å². The summed E-state index contributed by atoms with van der Waals surface area (Å²) in [5.41, 5.74) is 0.423. The zero-order valence-electron chi connectivity index (χ0n) is 6.60. The number of benzene rings is 1. The molecule has 6 heteroatoms. The number of hydrogen-bond acceptors (Lipinski definition) is 4. The van der Waals surface area contributed by atoms with E-state index in [1.165, 1.54) is 24.3 Å². The molecule has 0 unspecified atom stereocenters. The van der Waals surface area contributed by atoms with Crippen LogP contribution in [0.3, 0.4) is 0 Å². The molecule has 4 nitrogen and oxygen atoms in total. The highest BCUT2D eigenvalue weighted by Crippen LogP contribution is 2.07. The van der Waals surface area contributed by atoms with Crippen LogP contribution in [-0.2, 0) is 20.2 Å². The van der Waals surface area contributed by atoms with Crippen LogP contribution in [0.15, 0.2) is 24.3 Å². The lowest BCUT2D eigenvalue weighted by Gasteiger charge is -2.00. The van der Waals surface area contributed by atoms with Gasteiger partial charge in [0.15, 0.2) is 0 Å². The van der Waals surface area contributed by atoms with Gasteiger partial charge in [0.05, 0.1) is 0 Å². The van der Waals surface area contributed by atoms with Crippen LogP contribution in [0.5, 0.6) is 0 Å². The average molecular weight is 205 g/mol. The zero-order valence-corrected chi connectivity index (χ0v) is 7.42. The zero-order chi connectivity index (χ0) is 9.90. The largest absolute Gasteiger partial charge is 0.287 e. The molecule has 0 radical (unpaired) electrons. The van der Waals surface area contributed by atoms with Crippen molar-refractivity contribution in [2.45, 2.75) is 5.75 Å². The van der Waals surface area contributed by atoms with E-state index in [9.17, 15) is 12.8 Å². The first-order valence-corrected chi connectivity index (χ1v) is 4.97. The number of rotatable bonds is 3. The first-order valence-electron chi connectivity index (χ1n) is 3.39. The predicted octanol–water partition coefficient (Wildman–Crippen LogP) is 0.546. The van der Waals surface area contributed by atoms with Gasteiger partial charge in [-0.1, -0.05) is 12.1 Å². The van der Waals surface area contributed by atoms with Gasteiger partial charge in [0, 0.05) is 0 Å². The Morgan fingerprint density at radius 1 is 1.31 bits per heavy atom. The Morgan fingerprint density at radius 2 is 1.85 bits per heavy atom. The fraction of sp³-hybridized carbons (Fsp3) is 0.143. The first-order chi connectivity index (χ1) is 6.03. The van der Waals surface area contributed by atoms with E-state index in [4.69, 9.17) is 0 Å². The topological polar surface area (TPSA) is 69.4 Å². The first kappa shape index (κ1) is 10.1. The van der Waals surface area contributed by atoms with E-state index < -0.39 is 15.9 Å². The van der Waals surface area contributed by atoms with Crippen LogP contribution in [-0.4, -0.2) is 8.42 Å². The molecule has 72 valence electrons. The summed E-state index contributed by atoms with van der Waals surface area (Å²) in [6.07, 6.45) is 0. The van der Waals surface area contributed by atoms with E-state index in [0.29, 0.717) is 5.56 Å². The van der Waals surface area contributed by atoms with Gasteiger partial charge in [-0.05, 0) is 17.7 Å². The molecule has 0 saturated heterocycles. The van der Waals surface area contributed by atoms with Crippen LogP contribution >= 0.6 is 0 Å². The summed E-state index contributed by atoms with van der Waals surface area (Å²) in [6, 6.07) is 5.04. The SMILES string of the molecule is NOS(=O)(=O)Cc1ccc(F)cc1. The normalized spacial score (nSPS) is 11.5. The lowest BCUT2D eigenvalue weighted by molar-refractivity contribution is 0.332. The maximum atomic E-state index is 12.4. The van der Waals surface area contributed by atoms with Crippen LogP contribution < -0.4 is 5.90 Å². The minimum absolute atomic E-state index is 0.357. The van der Waals surface area contributed by atoms with Gasteiger partial charge in [0.2, 0.25) is 0 Å². The molecule has 0 bridgehead atoms. The molecule has 0 aliphatic rings. The second-order valence-corrected chi connectivity index (χ2v) is 4.02. The molecule has 1 rings (SSSR count). The van der Waals surface area contributed by atoms with Gasteiger partial charge in [-0.25, -0.2) is 4.39 Å². The van der Waals surface area contributed by atoms with Gasteiger partial charge in [-0.2, -0.15) is 18.6 Å². The van der Waals surface area contributed by atoms with Gasteiger partial charge in [0.1, 0.15) is 11.6 Å². The Morgan fingerprint density at radius 3 is 2.31 bits per heavy atom. The Balaban J connectivity index is 2.82. The molecule has 0 aromatic heterocycles. The van der Waals surface area contributed by atoms with Gasteiger partial charge in [-0.3, -0.25) is 0 Å². The molecule has 0 fully saturated rings. The third kappa shape index (κ3) is 3.10. The lowest BCUT2D eigenvalue weighted by Crippen LogP contribution is -2.13. The monoisotopic (exact) mass is 205 g/mol. The summed E-state index contributed by atoms with van der Waals surface area (Å²) in [5, 5.41) is 0. The summed E-state index contributed by atoms with van der Waals surface area (Å²) < 4.78 is 37.8. The van der Waals surface area contributed by atoms with Crippen molar-refractivity contribution in [3.8, 4) is 0 Å². The van der Waals surface area contributed by atoms with Crippen molar-refractivity contribution in [2.75, 3.05) is 0 Å². The second-order valence-electron chi connectivity index (χ2n) is 2.42. The van der Waals surface area contributed by atoms with Crippen LogP contribution in [0.4, 0.5) is 4.39 Å². The van der Waals surface area contributed by atoms with Crippen LogP contribution in [0.2, 0.25) is 0 Å². The molecule has 0 saturated carbocycles. The molecule has 0 amide bonds. The van der Waals surface area contributed by atoms with E-state index >= 15 is 0 Å². The van der Waals surface area contributed by atoms with Crippen LogP contribution in [0.25, 0.3) is 0 Å². The number of hydrogen-bond donors (Lipinski definition) is 1. The van der Waals surface area contributed by atoms with Crippen molar-refractivity contribution in [3.05, 3.63) is 35.6 Å². The fourth-order valence-corrected chi connectivity index (χ4v) is 1.49. The number of nitrogens with two attached hydrogens (primary N) is 1. The van der Waals surface area contributed by atoms with Gasteiger partial charge >= 0.3 is 0 Å². The van der Waals surface area contributed by atoms with Crippen molar-refractivity contribution in [2.24, 2.45) is 5.90 Å². The molecule has 1 aromatic rings. The van der Waals surface area contributed by atoms with Crippen molar-refractivity contribution in [1.82, 2.24) is 0 Å². The highest BCUT2D eigenvalue weighted by Gasteiger charge is 2.10. The molecular formula is C7H8FNO3S. The quantitative estimate of drug-likeness (QED) is 0.731. The van der Waals surface area contributed by atoms with E-state index in [0.717, 1.165) is 0 Å². The summed E-state index contributed by atoms with van der Waals surface area (Å²) in [6.45, 7) is 0. The molecular weight excluding hydrogens is 197 g/mol. The second kappa shape index (κ2) is 3.82. The van der Waals surface area contributed by atoms with Crippen molar-refractivity contribution in [3.63, 3.8) is 0 Å². The van der Waals surface area contributed by atoms with E-state index in [1.807, 2.05) is 0 Å². The molecule has 0 spiro atoms. The summed E-state index contributed by atoms with van der Waals surface area (Å²) in [5.74, 6) is 3.74. The van der Waals surface area contributed by atoms with Crippen molar-refractivity contribution in [1.29, 1.82) is 0 Å². The van der Waals surface area contributed by atoms with Crippen LogP contribution in [0, 0.1) is 5.82 Å². The highest BCUT2D eigenvalue weighted by molar-refractivity contribution is 7.85. The van der Waals surface area contributed by atoms with Gasteiger partial charge in [0.25, 0.3) is 10.1 Å². The van der Waals surface area contributed by atoms with E-state index in [-0.39, 0.29) is 5.75 Å². The molecule has 0 atom stereocenters. The average Bonchev–Trinajstić information content (AvgIpc) is 2.09. The van der Waals surface area contributed by atoms with Gasteiger partial charge < -0.3 is 0 Å². The summed E-state index contributed by atoms with van der Waals surface area (Å²) in [4.78, 5) is 0. The third-order valence-electron chi connectivity index (χ3n) is 1.40. The smallest absolute Gasteiger partial charge is 0.207 e. The molecule has 2 N–H and O–H groups in total. The molecule has 13 heavy (non-hydrogen) atoms. The molecule has 0 aliphatic carbocycles. The van der Waals surface area contributed by atoms with Crippen molar-refractivity contribution < 1.29 is 17.1 Å². The minimum Gasteiger partial charge on any atom is -0.207 e. The summed E-state index contributed by atoms with van der Waals surface area (Å²) >= 11 is 0. The number of halogens is 1. The van der Waals surface area contributed by atoms with Gasteiger partial charge in [-0.15, -0.1) is 0 Å². The highest BCUT2D eigenvalue weighted by atomic mass is 32.2. The van der Waals surface area contributed by atoms with Crippen molar-refractivity contribution >= 4 is 10.1 Å². The Bertz CT molecular complexity index is 373. The maximum absolute atomic E-state index is 12.4. The molecule has 0 aliphatic heterocycles. The summed E-state index contributed by atoms with van der Waals surface area (Å²) in [7, 11) is -3.73. The predicted molar refractivity (Wildman–Crippen MR) is 44.3 cm³/mol. The fourth-order valence-electron chi connectivity index (χ4n) is 0.819. The maximum Gasteiger partial charge on any atom is 0.287 e. The molecule has 0 heterocycles. The minimum atomic E-state index is -3.73. The Labute approximate surface area is 75.2 Å². The third-order valence-corrected chi connectivity index (χ3v) is 2.38. The Kier molecular flexibility index (Phi) is 2.97. The molecule has 1 aromatic carbocycles. The standard InChI is InChI=1S/C7H8FNO3S/c8-7-3-1-6(2-4-7)5-13(10,11)12-9/h1-4H,5,9H2.